The number of hydrogen-bond acceptors (Lipinski definition) is 5. The normalized spacial score (nSPS) is 19.8. The third kappa shape index (κ3) is 5.62. The maximum atomic E-state index is 13.4. The Kier molecular flexibility index (Phi) is 7.25. The predicted molar refractivity (Wildman–Crippen MR) is 128 cm³/mol. The van der Waals surface area contributed by atoms with Crippen molar-refractivity contribution < 1.29 is 19.6 Å². The zero-order valence-electron chi connectivity index (χ0n) is 19.8. The number of carbonyl (C=O) groups excluding carboxylic acids is 1. The Hall–Kier alpha value is -3.15. The molecule has 2 unspecified atom stereocenters. The fourth-order valence-electron chi connectivity index (χ4n) is 4.88. The number of ether oxygens (including phenoxy) is 1. The average Bonchev–Trinajstić information content (AvgIpc) is 2.75. The molecule has 0 aromatic heterocycles. The van der Waals surface area contributed by atoms with Crippen LogP contribution in [0.4, 0.5) is 5.69 Å². The Bertz CT molecular complexity index is 1040. The molecule has 0 saturated heterocycles. The van der Waals surface area contributed by atoms with Gasteiger partial charge in [-0.15, -0.1) is 0 Å². The quantitative estimate of drug-likeness (QED) is 0.275. The molecule has 2 atom stereocenters. The van der Waals surface area contributed by atoms with Crippen LogP contribution >= 0.6 is 0 Å². The van der Waals surface area contributed by atoms with E-state index in [4.69, 9.17) is 4.74 Å². The third-order valence-electron chi connectivity index (χ3n) is 6.32. The molecule has 0 bridgehead atoms. The standard InChI is InChI=1S/C27H33NO5/c1-5-15-27(16-14-19-10-7-6-8-11-19)18-22(29)23(25(30)33-27)24(26(2,3)4)20-12-9-13-21(17-20)28(31)32/h6-13,17,24,29H,5,14-16,18H2,1-4H3. The molecule has 176 valence electrons. The molecule has 0 fully saturated rings. The summed E-state index contributed by atoms with van der Waals surface area (Å²) in [5.41, 5.74) is 0.681. The van der Waals surface area contributed by atoms with E-state index in [0.29, 0.717) is 18.4 Å². The van der Waals surface area contributed by atoms with Crippen LogP contribution in [0.1, 0.15) is 70.4 Å². The van der Waals surface area contributed by atoms with E-state index < -0.39 is 27.8 Å². The van der Waals surface area contributed by atoms with E-state index >= 15 is 0 Å². The first kappa shape index (κ1) is 24.5. The number of nitro benzene ring substituents is 1. The van der Waals surface area contributed by atoms with Crippen LogP contribution in [0.5, 0.6) is 0 Å². The lowest BCUT2D eigenvalue weighted by Gasteiger charge is -2.41. The van der Waals surface area contributed by atoms with Gasteiger partial charge in [-0.05, 0) is 35.8 Å². The van der Waals surface area contributed by atoms with Gasteiger partial charge < -0.3 is 9.84 Å². The lowest BCUT2D eigenvalue weighted by molar-refractivity contribution is -0.384. The Morgan fingerprint density at radius 3 is 2.39 bits per heavy atom. The molecule has 2 aromatic carbocycles. The van der Waals surface area contributed by atoms with Crippen LogP contribution in [0, 0.1) is 15.5 Å². The molecule has 1 aliphatic heterocycles. The first-order chi connectivity index (χ1) is 15.6. The Labute approximate surface area is 195 Å². The summed E-state index contributed by atoms with van der Waals surface area (Å²) in [6.45, 7) is 7.89. The van der Waals surface area contributed by atoms with Crippen LogP contribution in [0.25, 0.3) is 0 Å². The third-order valence-corrected chi connectivity index (χ3v) is 6.32. The van der Waals surface area contributed by atoms with Crippen molar-refractivity contribution in [1.82, 2.24) is 0 Å². The van der Waals surface area contributed by atoms with E-state index in [1.807, 2.05) is 58.0 Å². The largest absolute Gasteiger partial charge is 0.512 e. The number of nitrogens with zero attached hydrogens (tertiary/aromatic N) is 1. The van der Waals surface area contributed by atoms with Crippen LogP contribution in [0.2, 0.25) is 0 Å². The summed E-state index contributed by atoms with van der Waals surface area (Å²) < 4.78 is 6.10. The maximum absolute atomic E-state index is 13.4. The number of cyclic esters (lactones) is 1. The summed E-state index contributed by atoms with van der Waals surface area (Å²) in [6, 6.07) is 16.3. The molecule has 1 N–H and O–H groups in total. The smallest absolute Gasteiger partial charge is 0.338 e. The molecule has 0 amide bonds. The highest BCUT2D eigenvalue weighted by Crippen LogP contribution is 2.47. The molecule has 1 heterocycles. The van der Waals surface area contributed by atoms with Gasteiger partial charge in [0, 0.05) is 24.5 Å². The minimum atomic E-state index is -0.764. The molecule has 0 aliphatic carbocycles. The highest BCUT2D eigenvalue weighted by Gasteiger charge is 2.46. The maximum Gasteiger partial charge on any atom is 0.338 e. The van der Waals surface area contributed by atoms with Crippen molar-refractivity contribution in [3.63, 3.8) is 0 Å². The van der Waals surface area contributed by atoms with E-state index in [1.54, 1.807) is 12.1 Å². The number of non-ortho nitro benzene ring substituents is 1. The molecule has 2 aromatic rings. The van der Waals surface area contributed by atoms with Gasteiger partial charge in [0.2, 0.25) is 0 Å². The van der Waals surface area contributed by atoms with Crippen LogP contribution in [0.3, 0.4) is 0 Å². The second kappa shape index (κ2) is 9.77. The number of aliphatic hydroxyl groups is 1. The van der Waals surface area contributed by atoms with Crippen LogP contribution in [-0.4, -0.2) is 21.6 Å². The van der Waals surface area contributed by atoms with Gasteiger partial charge in [-0.3, -0.25) is 10.1 Å². The van der Waals surface area contributed by atoms with Crippen molar-refractivity contribution in [3.8, 4) is 0 Å². The molecular weight excluding hydrogens is 418 g/mol. The number of carbonyl (C=O) groups is 1. The number of rotatable bonds is 8. The Morgan fingerprint density at radius 1 is 1.12 bits per heavy atom. The SMILES string of the molecule is CCCC1(CCc2ccccc2)CC(O)=C(C(c2cccc([N+](=O)[O-])c2)C(C)(C)C)C(=O)O1. The lowest BCUT2D eigenvalue weighted by Crippen LogP contribution is -2.43. The first-order valence-electron chi connectivity index (χ1n) is 11.5. The van der Waals surface area contributed by atoms with Crippen molar-refractivity contribution in [2.24, 2.45) is 5.41 Å². The summed E-state index contributed by atoms with van der Waals surface area (Å²) in [6.07, 6.45) is 3.07. The van der Waals surface area contributed by atoms with E-state index in [1.165, 1.54) is 12.1 Å². The molecular formula is C27H33NO5. The summed E-state index contributed by atoms with van der Waals surface area (Å²) >= 11 is 0. The molecule has 0 radical (unpaired) electrons. The van der Waals surface area contributed by atoms with E-state index in [-0.39, 0.29) is 23.4 Å². The zero-order chi connectivity index (χ0) is 24.2. The average molecular weight is 452 g/mol. The van der Waals surface area contributed by atoms with Crippen molar-refractivity contribution in [3.05, 3.63) is 87.2 Å². The highest BCUT2D eigenvalue weighted by atomic mass is 16.6. The minimum absolute atomic E-state index is 0.0270. The topological polar surface area (TPSA) is 89.7 Å². The second-order valence-electron chi connectivity index (χ2n) is 10.00. The minimum Gasteiger partial charge on any atom is -0.512 e. The molecule has 3 rings (SSSR count). The van der Waals surface area contributed by atoms with Crippen molar-refractivity contribution in [2.45, 2.75) is 71.3 Å². The van der Waals surface area contributed by atoms with Crippen molar-refractivity contribution >= 4 is 11.7 Å². The predicted octanol–water partition coefficient (Wildman–Crippen LogP) is 6.66. The number of esters is 1. The number of benzene rings is 2. The van der Waals surface area contributed by atoms with Gasteiger partial charge >= 0.3 is 5.97 Å². The van der Waals surface area contributed by atoms with Crippen LogP contribution < -0.4 is 0 Å². The molecule has 6 nitrogen and oxygen atoms in total. The van der Waals surface area contributed by atoms with Gasteiger partial charge in [0.25, 0.3) is 5.69 Å². The Morgan fingerprint density at radius 2 is 1.82 bits per heavy atom. The fourth-order valence-corrected chi connectivity index (χ4v) is 4.88. The molecule has 0 saturated carbocycles. The Balaban J connectivity index is 1.99. The number of nitro groups is 1. The van der Waals surface area contributed by atoms with Gasteiger partial charge in [-0.2, -0.15) is 0 Å². The highest BCUT2D eigenvalue weighted by molar-refractivity contribution is 5.92. The lowest BCUT2D eigenvalue weighted by atomic mass is 9.70. The number of hydrogen-bond donors (Lipinski definition) is 1. The summed E-state index contributed by atoms with van der Waals surface area (Å²) in [5, 5.41) is 22.5. The van der Waals surface area contributed by atoms with E-state index in [9.17, 15) is 20.0 Å². The molecule has 0 spiro atoms. The van der Waals surface area contributed by atoms with Gasteiger partial charge in [0.05, 0.1) is 10.5 Å². The number of aryl methyl sites for hydroxylation is 1. The van der Waals surface area contributed by atoms with Crippen molar-refractivity contribution in [1.29, 1.82) is 0 Å². The van der Waals surface area contributed by atoms with E-state index in [0.717, 1.165) is 18.4 Å². The summed E-state index contributed by atoms with van der Waals surface area (Å²) in [5.74, 6) is -1.05. The zero-order valence-corrected chi connectivity index (χ0v) is 19.8. The van der Waals surface area contributed by atoms with Gasteiger partial charge in [0.1, 0.15) is 11.4 Å². The summed E-state index contributed by atoms with van der Waals surface area (Å²) in [4.78, 5) is 24.3. The van der Waals surface area contributed by atoms with E-state index in [2.05, 4.69) is 0 Å². The summed E-state index contributed by atoms with van der Waals surface area (Å²) in [7, 11) is 0. The first-order valence-corrected chi connectivity index (χ1v) is 11.5. The van der Waals surface area contributed by atoms with Crippen LogP contribution in [0.15, 0.2) is 65.9 Å². The van der Waals surface area contributed by atoms with Crippen LogP contribution in [-0.2, 0) is 16.0 Å². The number of aliphatic hydroxyl groups excluding tert-OH is 1. The van der Waals surface area contributed by atoms with Gasteiger partial charge in [-0.25, -0.2) is 4.79 Å². The van der Waals surface area contributed by atoms with Crippen molar-refractivity contribution in [2.75, 3.05) is 0 Å². The van der Waals surface area contributed by atoms with Gasteiger partial charge in [-0.1, -0.05) is 76.6 Å². The monoisotopic (exact) mass is 451 g/mol. The fraction of sp³-hybridized carbons (Fsp3) is 0.444. The van der Waals surface area contributed by atoms with Gasteiger partial charge in [0.15, 0.2) is 0 Å². The molecule has 1 aliphatic rings. The molecule has 33 heavy (non-hydrogen) atoms. The molecule has 6 heteroatoms. The second-order valence-corrected chi connectivity index (χ2v) is 10.00.